The lowest BCUT2D eigenvalue weighted by Gasteiger charge is -2.23. The lowest BCUT2D eigenvalue weighted by molar-refractivity contribution is -0.137. The van der Waals surface area contributed by atoms with E-state index in [2.05, 4.69) is 26.1 Å². The van der Waals surface area contributed by atoms with Crippen LogP contribution in [0.3, 0.4) is 0 Å². The first kappa shape index (κ1) is 17.4. The van der Waals surface area contributed by atoms with Crippen molar-refractivity contribution in [3.63, 3.8) is 0 Å². The highest BCUT2D eigenvalue weighted by molar-refractivity contribution is 8.00. The highest BCUT2D eigenvalue weighted by atomic mass is 32.2. The Hall–Kier alpha value is -0.680. The van der Waals surface area contributed by atoms with E-state index in [1.807, 2.05) is 18.8 Å². The zero-order valence-electron chi connectivity index (χ0n) is 12.3. The summed E-state index contributed by atoms with van der Waals surface area (Å²) in [5, 5.41) is 3.18. The minimum absolute atomic E-state index is 0.156. The maximum atomic E-state index is 12.7. The van der Waals surface area contributed by atoms with Gasteiger partial charge < -0.3 is 5.32 Å². The van der Waals surface area contributed by atoms with Gasteiger partial charge >= 0.3 is 6.18 Å². The molecule has 1 atom stereocenters. The second-order valence-corrected chi connectivity index (χ2v) is 7.66. The molecular formula is C15H22F3NS. The first-order valence-electron chi connectivity index (χ1n) is 6.59. The van der Waals surface area contributed by atoms with Crippen molar-refractivity contribution in [1.82, 2.24) is 5.32 Å². The molecule has 0 amide bonds. The maximum absolute atomic E-state index is 12.7. The van der Waals surface area contributed by atoms with Crippen molar-refractivity contribution in [2.24, 2.45) is 0 Å². The third-order valence-corrected chi connectivity index (χ3v) is 4.30. The summed E-state index contributed by atoms with van der Waals surface area (Å²) in [5.74, 6) is 0.871. The van der Waals surface area contributed by atoms with Crippen molar-refractivity contribution in [3.05, 3.63) is 35.4 Å². The molecule has 114 valence electrons. The Morgan fingerprint density at radius 1 is 1.20 bits per heavy atom. The zero-order chi connectivity index (χ0) is 15.4. The molecule has 0 spiro atoms. The molecule has 1 aromatic carbocycles. The van der Waals surface area contributed by atoms with E-state index in [-0.39, 0.29) is 10.8 Å². The first-order valence-corrected chi connectivity index (χ1v) is 7.58. The minimum atomic E-state index is -4.27. The summed E-state index contributed by atoms with van der Waals surface area (Å²) in [5.41, 5.74) is 0.141. The predicted octanol–water partition coefficient (Wildman–Crippen LogP) is 4.37. The van der Waals surface area contributed by atoms with Gasteiger partial charge in [-0.05, 0) is 25.1 Å². The summed E-state index contributed by atoms with van der Waals surface area (Å²) >= 11 is 1.81. The van der Waals surface area contributed by atoms with Crippen molar-refractivity contribution in [1.29, 1.82) is 0 Å². The molecule has 0 aliphatic heterocycles. The molecule has 1 N–H and O–H groups in total. The van der Waals surface area contributed by atoms with Gasteiger partial charge in [-0.3, -0.25) is 0 Å². The van der Waals surface area contributed by atoms with Crippen molar-refractivity contribution >= 4 is 11.8 Å². The molecule has 0 aliphatic rings. The third-order valence-electron chi connectivity index (χ3n) is 2.86. The van der Waals surface area contributed by atoms with Crippen LogP contribution in [0, 0.1) is 0 Å². The summed E-state index contributed by atoms with van der Waals surface area (Å²) in [7, 11) is 1.85. The van der Waals surface area contributed by atoms with Crippen LogP contribution in [-0.2, 0) is 12.6 Å². The van der Waals surface area contributed by atoms with E-state index in [9.17, 15) is 13.2 Å². The summed E-state index contributed by atoms with van der Waals surface area (Å²) in [6, 6.07) is 5.75. The van der Waals surface area contributed by atoms with Crippen LogP contribution in [0.1, 0.15) is 31.9 Å². The molecule has 0 aliphatic carbocycles. The highest BCUT2D eigenvalue weighted by Crippen LogP contribution is 2.30. The van der Waals surface area contributed by atoms with Crippen LogP contribution in [0.5, 0.6) is 0 Å². The maximum Gasteiger partial charge on any atom is 0.416 e. The normalized spacial score (nSPS) is 14.3. The molecule has 1 aromatic rings. The first-order chi connectivity index (χ1) is 9.12. The lowest BCUT2D eigenvalue weighted by Crippen LogP contribution is -2.31. The average molecular weight is 305 g/mol. The number of halogens is 3. The van der Waals surface area contributed by atoms with Gasteiger partial charge in [0, 0.05) is 16.5 Å². The van der Waals surface area contributed by atoms with E-state index in [0.29, 0.717) is 12.0 Å². The minimum Gasteiger partial charge on any atom is -0.316 e. The van der Waals surface area contributed by atoms with Gasteiger partial charge in [0.2, 0.25) is 0 Å². The van der Waals surface area contributed by atoms with E-state index in [4.69, 9.17) is 0 Å². The van der Waals surface area contributed by atoms with E-state index in [1.54, 1.807) is 6.07 Å². The monoisotopic (exact) mass is 305 g/mol. The summed E-state index contributed by atoms with van der Waals surface area (Å²) < 4.78 is 38.2. The topological polar surface area (TPSA) is 12.0 Å². The van der Waals surface area contributed by atoms with Crippen LogP contribution in [0.25, 0.3) is 0 Å². The Balaban J connectivity index is 2.70. The molecule has 0 radical (unpaired) electrons. The van der Waals surface area contributed by atoms with E-state index < -0.39 is 11.7 Å². The molecular weight excluding hydrogens is 283 g/mol. The van der Waals surface area contributed by atoms with Gasteiger partial charge in [-0.1, -0.05) is 39.0 Å². The van der Waals surface area contributed by atoms with Gasteiger partial charge in [0.1, 0.15) is 0 Å². The molecule has 20 heavy (non-hydrogen) atoms. The van der Waals surface area contributed by atoms with Crippen molar-refractivity contribution < 1.29 is 13.2 Å². The fraction of sp³-hybridized carbons (Fsp3) is 0.600. The molecule has 0 fully saturated rings. The summed E-state index contributed by atoms with van der Waals surface area (Å²) in [4.78, 5) is 0. The number of rotatable bonds is 5. The van der Waals surface area contributed by atoms with Crippen molar-refractivity contribution in [3.8, 4) is 0 Å². The molecule has 0 saturated heterocycles. The summed E-state index contributed by atoms with van der Waals surface area (Å²) in [6.07, 6.45) is -3.67. The van der Waals surface area contributed by atoms with Gasteiger partial charge in [0.15, 0.2) is 0 Å². The Bertz CT molecular complexity index is 424. The summed E-state index contributed by atoms with van der Waals surface area (Å²) in [6.45, 7) is 6.40. The largest absolute Gasteiger partial charge is 0.416 e. The Kier molecular flexibility index (Phi) is 5.95. The van der Waals surface area contributed by atoms with Crippen LogP contribution in [0.2, 0.25) is 0 Å². The highest BCUT2D eigenvalue weighted by Gasteiger charge is 2.30. The molecule has 1 unspecified atom stereocenters. The predicted molar refractivity (Wildman–Crippen MR) is 80.2 cm³/mol. The van der Waals surface area contributed by atoms with E-state index >= 15 is 0 Å². The number of hydrogen-bond donors (Lipinski definition) is 1. The van der Waals surface area contributed by atoms with Crippen LogP contribution >= 0.6 is 11.8 Å². The average Bonchev–Trinajstić information content (AvgIpc) is 2.32. The number of benzene rings is 1. The fourth-order valence-electron chi connectivity index (χ4n) is 1.75. The van der Waals surface area contributed by atoms with Crippen LogP contribution < -0.4 is 5.32 Å². The second kappa shape index (κ2) is 6.85. The Morgan fingerprint density at radius 2 is 1.85 bits per heavy atom. The molecule has 0 aromatic heterocycles. The molecule has 0 saturated carbocycles. The standard InChI is InChI=1S/C15H22F3NS/c1-14(2,3)20-10-13(19-4)9-11-6-5-7-12(8-11)15(16,17)18/h5-8,13,19H,9-10H2,1-4H3. The fourth-order valence-corrected chi connectivity index (χ4v) is 2.74. The lowest BCUT2D eigenvalue weighted by atomic mass is 10.0. The molecule has 1 nitrogen and oxygen atoms in total. The van der Waals surface area contributed by atoms with Crippen LogP contribution in [-0.4, -0.2) is 23.6 Å². The van der Waals surface area contributed by atoms with Gasteiger partial charge in [-0.2, -0.15) is 24.9 Å². The molecule has 1 rings (SSSR count). The van der Waals surface area contributed by atoms with Crippen LogP contribution in [0.15, 0.2) is 24.3 Å². The van der Waals surface area contributed by atoms with Crippen molar-refractivity contribution in [2.45, 2.75) is 44.2 Å². The SMILES string of the molecule is CNC(CSC(C)(C)C)Cc1cccc(C(F)(F)F)c1. The number of alkyl halides is 3. The molecule has 0 bridgehead atoms. The molecule has 0 heterocycles. The smallest absolute Gasteiger partial charge is 0.316 e. The Morgan fingerprint density at radius 3 is 2.35 bits per heavy atom. The number of nitrogens with one attached hydrogen (secondary N) is 1. The zero-order valence-corrected chi connectivity index (χ0v) is 13.2. The number of likely N-dealkylation sites (N-methyl/N-ethyl adjacent to an activating group) is 1. The third kappa shape index (κ3) is 6.18. The van der Waals surface area contributed by atoms with Crippen LogP contribution in [0.4, 0.5) is 13.2 Å². The van der Waals surface area contributed by atoms with E-state index in [0.717, 1.165) is 11.8 Å². The Labute approximate surface area is 123 Å². The van der Waals surface area contributed by atoms with Crippen molar-refractivity contribution in [2.75, 3.05) is 12.8 Å². The quantitative estimate of drug-likeness (QED) is 0.867. The van der Waals surface area contributed by atoms with Gasteiger partial charge in [-0.15, -0.1) is 0 Å². The van der Waals surface area contributed by atoms with Gasteiger partial charge in [0.05, 0.1) is 5.56 Å². The van der Waals surface area contributed by atoms with Gasteiger partial charge in [0.25, 0.3) is 0 Å². The molecule has 5 heteroatoms. The van der Waals surface area contributed by atoms with Gasteiger partial charge in [-0.25, -0.2) is 0 Å². The number of hydrogen-bond acceptors (Lipinski definition) is 2. The second-order valence-electron chi connectivity index (χ2n) is 5.81. The van der Waals surface area contributed by atoms with E-state index in [1.165, 1.54) is 12.1 Å². The number of thioether (sulfide) groups is 1.